The normalized spacial score (nSPS) is 25.6. The second-order valence-electron chi connectivity index (χ2n) is 6.07. The fraction of sp³-hybridized carbons (Fsp3) is 0.562. The van der Waals surface area contributed by atoms with E-state index in [2.05, 4.69) is 17.6 Å². The molecule has 4 nitrogen and oxygen atoms in total. The van der Waals surface area contributed by atoms with Crippen LogP contribution in [0.4, 0.5) is 10.1 Å². The van der Waals surface area contributed by atoms with Crippen molar-refractivity contribution in [3.8, 4) is 0 Å². The van der Waals surface area contributed by atoms with E-state index in [1.54, 1.807) is 12.1 Å². The number of carbonyl (C=O) groups is 1. The molecule has 0 aromatic heterocycles. The molecule has 116 valence electrons. The summed E-state index contributed by atoms with van der Waals surface area (Å²) in [5.74, 6) is 0.0429. The predicted octanol–water partition coefficient (Wildman–Crippen LogP) is 2.29. The largest absolute Gasteiger partial charge is 0.389 e. The molecule has 3 N–H and O–H groups in total. The SMILES string of the molecule is CC1CCC(O)(CNCC(=O)Nc2cccc(F)c2)CC1. The Labute approximate surface area is 124 Å². The van der Waals surface area contributed by atoms with E-state index >= 15 is 0 Å². The van der Waals surface area contributed by atoms with Crippen LogP contribution in [0.25, 0.3) is 0 Å². The molecular weight excluding hydrogens is 271 g/mol. The number of carbonyl (C=O) groups excluding carboxylic acids is 1. The van der Waals surface area contributed by atoms with E-state index in [0.29, 0.717) is 18.2 Å². The number of benzene rings is 1. The highest BCUT2D eigenvalue weighted by molar-refractivity contribution is 5.92. The molecule has 1 aliphatic carbocycles. The zero-order valence-corrected chi connectivity index (χ0v) is 12.4. The fourth-order valence-electron chi connectivity index (χ4n) is 2.66. The van der Waals surface area contributed by atoms with Gasteiger partial charge in [-0.05, 0) is 49.8 Å². The molecule has 1 aromatic rings. The Bertz CT molecular complexity index is 485. The zero-order chi connectivity index (χ0) is 15.3. The molecule has 1 fully saturated rings. The first-order valence-corrected chi connectivity index (χ1v) is 7.45. The number of halogens is 1. The van der Waals surface area contributed by atoms with Crippen molar-refractivity contribution in [1.29, 1.82) is 0 Å². The van der Waals surface area contributed by atoms with Crippen molar-refractivity contribution in [2.24, 2.45) is 5.92 Å². The van der Waals surface area contributed by atoms with E-state index in [4.69, 9.17) is 0 Å². The Morgan fingerprint density at radius 3 is 2.81 bits per heavy atom. The monoisotopic (exact) mass is 294 g/mol. The summed E-state index contributed by atoms with van der Waals surface area (Å²) in [6, 6.07) is 5.78. The van der Waals surface area contributed by atoms with Crippen molar-refractivity contribution in [3.05, 3.63) is 30.1 Å². The molecule has 0 saturated heterocycles. The van der Waals surface area contributed by atoms with Gasteiger partial charge in [-0.2, -0.15) is 0 Å². The highest BCUT2D eigenvalue weighted by atomic mass is 19.1. The molecule has 1 amide bonds. The standard InChI is InChI=1S/C16H23FN2O2/c1-12-5-7-16(21,8-6-12)11-18-10-15(20)19-14-4-2-3-13(17)9-14/h2-4,9,12,18,21H,5-8,10-11H2,1H3,(H,19,20). The van der Waals surface area contributed by atoms with Gasteiger partial charge in [0.15, 0.2) is 0 Å². The van der Waals surface area contributed by atoms with Crippen LogP contribution < -0.4 is 10.6 Å². The smallest absolute Gasteiger partial charge is 0.238 e. The quantitative estimate of drug-likeness (QED) is 0.781. The van der Waals surface area contributed by atoms with Crippen LogP contribution in [0.1, 0.15) is 32.6 Å². The van der Waals surface area contributed by atoms with Crippen LogP contribution in [0.15, 0.2) is 24.3 Å². The van der Waals surface area contributed by atoms with Gasteiger partial charge in [-0.25, -0.2) is 4.39 Å². The van der Waals surface area contributed by atoms with Gasteiger partial charge in [0.1, 0.15) is 5.82 Å². The summed E-state index contributed by atoms with van der Waals surface area (Å²) in [7, 11) is 0. The van der Waals surface area contributed by atoms with Crippen LogP contribution >= 0.6 is 0 Å². The van der Waals surface area contributed by atoms with Crippen LogP contribution in [0.2, 0.25) is 0 Å². The number of anilines is 1. The van der Waals surface area contributed by atoms with Crippen LogP contribution in [-0.4, -0.2) is 29.7 Å². The van der Waals surface area contributed by atoms with Gasteiger partial charge in [0, 0.05) is 12.2 Å². The Kier molecular flexibility index (Phi) is 5.31. The molecule has 21 heavy (non-hydrogen) atoms. The third-order valence-corrected chi connectivity index (χ3v) is 4.05. The topological polar surface area (TPSA) is 61.4 Å². The van der Waals surface area contributed by atoms with E-state index in [-0.39, 0.29) is 18.3 Å². The van der Waals surface area contributed by atoms with E-state index in [1.807, 2.05) is 0 Å². The number of aliphatic hydroxyl groups is 1. The fourth-order valence-corrected chi connectivity index (χ4v) is 2.66. The lowest BCUT2D eigenvalue weighted by Gasteiger charge is -2.35. The number of nitrogens with one attached hydrogen (secondary N) is 2. The van der Waals surface area contributed by atoms with Gasteiger partial charge in [0.2, 0.25) is 5.91 Å². The maximum absolute atomic E-state index is 13.0. The number of rotatable bonds is 5. The second-order valence-corrected chi connectivity index (χ2v) is 6.07. The summed E-state index contributed by atoms with van der Waals surface area (Å²) < 4.78 is 13.0. The van der Waals surface area contributed by atoms with Crippen molar-refractivity contribution in [3.63, 3.8) is 0 Å². The maximum atomic E-state index is 13.0. The highest BCUT2D eigenvalue weighted by Gasteiger charge is 2.31. The van der Waals surface area contributed by atoms with E-state index in [0.717, 1.165) is 25.7 Å². The molecule has 0 radical (unpaired) electrons. The highest BCUT2D eigenvalue weighted by Crippen LogP contribution is 2.31. The maximum Gasteiger partial charge on any atom is 0.238 e. The second kappa shape index (κ2) is 7.00. The van der Waals surface area contributed by atoms with Gasteiger partial charge in [0.25, 0.3) is 0 Å². The van der Waals surface area contributed by atoms with Crippen LogP contribution in [0, 0.1) is 11.7 Å². The van der Waals surface area contributed by atoms with Crippen molar-refractivity contribution in [2.45, 2.75) is 38.2 Å². The summed E-state index contributed by atoms with van der Waals surface area (Å²) in [4.78, 5) is 11.7. The van der Waals surface area contributed by atoms with Crippen LogP contribution in [0.5, 0.6) is 0 Å². The van der Waals surface area contributed by atoms with Gasteiger partial charge in [-0.15, -0.1) is 0 Å². The molecule has 2 rings (SSSR count). The molecule has 5 heteroatoms. The molecule has 0 unspecified atom stereocenters. The average molecular weight is 294 g/mol. The summed E-state index contributed by atoms with van der Waals surface area (Å²) in [6.07, 6.45) is 3.58. The first-order chi connectivity index (χ1) is 9.97. The lowest BCUT2D eigenvalue weighted by atomic mass is 9.79. The first-order valence-electron chi connectivity index (χ1n) is 7.45. The Morgan fingerprint density at radius 2 is 2.14 bits per heavy atom. The van der Waals surface area contributed by atoms with E-state index < -0.39 is 5.60 Å². The van der Waals surface area contributed by atoms with Gasteiger partial charge in [-0.3, -0.25) is 4.79 Å². The summed E-state index contributed by atoms with van der Waals surface area (Å²) in [5, 5.41) is 16.0. The molecule has 0 atom stereocenters. The van der Waals surface area contributed by atoms with Gasteiger partial charge in [-0.1, -0.05) is 13.0 Å². The van der Waals surface area contributed by atoms with Crippen LogP contribution in [-0.2, 0) is 4.79 Å². The minimum absolute atomic E-state index is 0.106. The Balaban J connectivity index is 1.72. The predicted molar refractivity (Wildman–Crippen MR) is 80.5 cm³/mol. The minimum atomic E-state index is -0.703. The lowest BCUT2D eigenvalue weighted by Crippen LogP contribution is -2.45. The van der Waals surface area contributed by atoms with E-state index in [9.17, 15) is 14.3 Å². The zero-order valence-electron chi connectivity index (χ0n) is 12.4. The molecular formula is C16H23FN2O2. The summed E-state index contributed by atoms with van der Waals surface area (Å²) in [6.45, 7) is 2.71. The minimum Gasteiger partial charge on any atom is -0.389 e. The molecule has 1 aromatic carbocycles. The summed E-state index contributed by atoms with van der Waals surface area (Å²) in [5.41, 5.74) is -0.266. The number of amides is 1. The Morgan fingerprint density at radius 1 is 1.43 bits per heavy atom. The summed E-state index contributed by atoms with van der Waals surface area (Å²) >= 11 is 0. The average Bonchev–Trinajstić information content (AvgIpc) is 2.42. The number of hydrogen-bond acceptors (Lipinski definition) is 3. The lowest BCUT2D eigenvalue weighted by molar-refractivity contribution is -0.115. The number of hydrogen-bond donors (Lipinski definition) is 3. The van der Waals surface area contributed by atoms with E-state index in [1.165, 1.54) is 12.1 Å². The van der Waals surface area contributed by atoms with Crippen molar-refractivity contribution in [1.82, 2.24) is 5.32 Å². The molecule has 0 spiro atoms. The molecule has 0 aliphatic heterocycles. The molecule has 0 heterocycles. The first kappa shape index (κ1) is 15.9. The van der Waals surface area contributed by atoms with Gasteiger partial charge < -0.3 is 15.7 Å². The van der Waals surface area contributed by atoms with Crippen molar-refractivity contribution >= 4 is 11.6 Å². The molecule has 0 bridgehead atoms. The molecule has 1 saturated carbocycles. The third-order valence-electron chi connectivity index (χ3n) is 4.05. The molecule has 1 aliphatic rings. The van der Waals surface area contributed by atoms with Gasteiger partial charge >= 0.3 is 0 Å². The third kappa shape index (κ3) is 5.10. The van der Waals surface area contributed by atoms with Crippen LogP contribution in [0.3, 0.4) is 0 Å². The van der Waals surface area contributed by atoms with Crippen molar-refractivity contribution in [2.75, 3.05) is 18.4 Å². The van der Waals surface area contributed by atoms with Gasteiger partial charge in [0.05, 0.1) is 12.1 Å². The van der Waals surface area contributed by atoms with Crippen molar-refractivity contribution < 1.29 is 14.3 Å². The Hall–Kier alpha value is -1.46.